The van der Waals surface area contributed by atoms with Gasteiger partial charge in [-0.3, -0.25) is 0 Å². The maximum Gasteiger partial charge on any atom is 0.417 e. The predicted molar refractivity (Wildman–Crippen MR) is 67.1 cm³/mol. The molecule has 0 aliphatic carbocycles. The first-order chi connectivity index (χ1) is 8.57. The summed E-state index contributed by atoms with van der Waals surface area (Å²) >= 11 is 1.36. The number of pyridine rings is 1. The van der Waals surface area contributed by atoms with Gasteiger partial charge in [0, 0.05) is 16.7 Å². The molecular formula is C13H8F3NS. The van der Waals surface area contributed by atoms with Crippen LogP contribution in [0.3, 0.4) is 0 Å². The number of halogens is 3. The Balaban J connectivity index is 2.45. The Labute approximate surface area is 106 Å². The molecule has 5 heteroatoms. The van der Waals surface area contributed by atoms with Gasteiger partial charge in [-0.25, -0.2) is 4.98 Å². The molecule has 3 rings (SSSR count). The Morgan fingerprint density at radius 3 is 2.72 bits per heavy atom. The lowest BCUT2D eigenvalue weighted by Crippen LogP contribution is -2.13. The molecule has 0 spiro atoms. The van der Waals surface area contributed by atoms with Gasteiger partial charge in [0.25, 0.3) is 0 Å². The van der Waals surface area contributed by atoms with Gasteiger partial charge in [0.15, 0.2) is 0 Å². The molecule has 1 aromatic heterocycles. The lowest BCUT2D eigenvalue weighted by atomic mass is 10.0. The number of fused-ring (bicyclic) bond motifs is 2. The maximum atomic E-state index is 13.2. The molecule has 18 heavy (non-hydrogen) atoms. The van der Waals surface area contributed by atoms with Crippen LogP contribution in [0, 0.1) is 0 Å². The topological polar surface area (TPSA) is 12.9 Å². The highest BCUT2D eigenvalue weighted by molar-refractivity contribution is 8.01. The zero-order chi connectivity index (χ0) is 12.8. The molecule has 1 aliphatic heterocycles. The third-order valence-electron chi connectivity index (χ3n) is 2.86. The van der Waals surface area contributed by atoms with Crippen molar-refractivity contribution in [3.05, 3.63) is 46.5 Å². The van der Waals surface area contributed by atoms with E-state index in [0.29, 0.717) is 17.0 Å². The van der Waals surface area contributed by atoms with Crippen LogP contribution in [-0.2, 0) is 11.9 Å². The summed E-state index contributed by atoms with van der Waals surface area (Å²) in [7, 11) is 0. The molecule has 1 aromatic carbocycles. The lowest BCUT2D eigenvalue weighted by molar-refractivity contribution is -0.136. The Kier molecular flexibility index (Phi) is 2.59. The minimum absolute atomic E-state index is 0.180. The van der Waals surface area contributed by atoms with Crippen LogP contribution in [0.5, 0.6) is 0 Å². The highest BCUT2D eigenvalue weighted by Gasteiger charge is 2.37. The molecule has 1 nitrogen and oxygen atoms in total. The first kappa shape index (κ1) is 11.6. The van der Waals surface area contributed by atoms with Crippen LogP contribution in [0.1, 0.15) is 16.8 Å². The van der Waals surface area contributed by atoms with Crippen LogP contribution in [0.15, 0.2) is 29.7 Å². The van der Waals surface area contributed by atoms with Gasteiger partial charge < -0.3 is 0 Å². The number of hydrogen-bond acceptors (Lipinski definition) is 2. The maximum absolute atomic E-state index is 13.2. The Bertz CT molecular complexity index is 646. The summed E-state index contributed by atoms with van der Waals surface area (Å²) in [5, 5.41) is 1.96. The van der Waals surface area contributed by atoms with Gasteiger partial charge in [0.1, 0.15) is 0 Å². The van der Waals surface area contributed by atoms with Gasteiger partial charge >= 0.3 is 6.18 Å². The van der Waals surface area contributed by atoms with Gasteiger partial charge in [-0.2, -0.15) is 13.2 Å². The molecule has 92 valence electrons. The molecule has 2 aromatic rings. The fourth-order valence-corrected chi connectivity index (χ4v) is 2.90. The Hall–Kier alpha value is -1.49. The van der Waals surface area contributed by atoms with Crippen molar-refractivity contribution >= 4 is 28.7 Å². The summed E-state index contributed by atoms with van der Waals surface area (Å²) in [4.78, 5) is 4.29. The second-order valence-electron chi connectivity index (χ2n) is 3.98. The van der Waals surface area contributed by atoms with E-state index in [1.807, 2.05) is 0 Å². The second-order valence-corrected chi connectivity index (χ2v) is 4.87. The Morgan fingerprint density at radius 2 is 1.94 bits per heavy atom. The minimum atomic E-state index is -4.35. The standard InChI is InChI=1S/C13H8F3NS/c14-13(15,16)12-8-3-1-2-4-10(8)17-11-5-6-18-7-9(11)12/h1-6H,7H2. The van der Waals surface area contributed by atoms with Crippen LogP contribution in [-0.4, -0.2) is 4.98 Å². The second kappa shape index (κ2) is 4.02. The fourth-order valence-electron chi connectivity index (χ4n) is 2.12. The molecule has 2 heterocycles. The van der Waals surface area contributed by atoms with Gasteiger partial charge in [-0.1, -0.05) is 18.2 Å². The summed E-state index contributed by atoms with van der Waals surface area (Å²) in [6.07, 6.45) is -2.70. The quantitative estimate of drug-likeness (QED) is 0.698. The van der Waals surface area contributed by atoms with E-state index in [-0.39, 0.29) is 10.9 Å². The zero-order valence-electron chi connectivity index (χ0n) is 9.16. The average molecular weight is 267 g/mol. The summed E-state index contributed by atoms with van der Waals surface area (Å²) in [5.41, 5.74) is 0.563. The van der Waals surface area contributed by atoms with Crippen LogP contribution >= 0.6 is 11.8 Å². The van der Waals surface area contributed by atoms with Crippen molar-refractivity contribution in [1.29, 1.82) is 0 Å². The Morgan fingerprint density at radius 1 is 1.17 bits per heavy atom. The highest BCUT2D eigenvalue weighted by Crippen LogP contribution is 2.41. The van der Waals surface area contributed by atoms with Crippen molar-refractivity contribution in [3.63, 3.8) is 0 Å². The molecule has 0 atom stereocenters. The van der Waals surface area contributed by atoms with Crippen molar-refractivity contribution in [2.45, 2.75) is 11.9 Å². The summed E-state index contributed by atoms with van der Waals surface area (Å²) < 4.78 is 39.7. The minimum Gasteiger partial charge on any atom is -0.248 e. The van der Waals surface area contributed by atoms with Crippen molar-refractivity contribution in [2.24, 2.45) is 0 Å². The highest BCUT2D eigenvalue weighted by atomic mass is 32.2. The van der Waals surface area contributed by atoms with Gasteiger partial charge in [0.2, 0.25) is 0 Å². The first-order valence-corrected chi connectivity index (χ1v) is 6.39. The largest absolute Gasteiger partial charge is 0.417 e. The SMILES string of the molecule is FC(F)(F)c1c2c(nc3ccccc13)C=CSC2. The van der Waals surface area contributed by atoms with E-state index in [1.165, 1.54) is 17.8 Å². The van der Waals surface area contributed by atoms with Crippen LogP contribution in [0.4, 0.5) is 13.2 Å². The van der Waals surface area contributed by atoms with Crippen molar-refractivity contribution in [3.8, 4) is 0 Å². The molecule has 0 N–H and O–H groups in total. The molecule has 1 aliphatic rings. The number of rotatable bonds is 0. The summed E-state index contributed by atoms with van der Waals surface area (Å²) in [6.45, 7) is 0. The van der Waals surface area contributed by atoms with Crippen LogP contribution in [0.25, 0.3) is 17.0 Å². The number of aromatic nitrogens is 1. The zero-order valence-corrected chi connectivity index (χ0v) is 9.98. The lowest BCUT2D eigenvalue weighted by Gasteiger charge is -2.19. The average Bonchev–Trinajstić information content (AvgIpc) is 2.34. The van der Waals surface area contributed by atoms with E-state index >= 15 is 0 Å². The summed E-state index contributed by atoms with van der Waals surface area (Å²) in [6, 6.07) is 6.40. The molecular weight excluding hydrogens is 259 g/mol. The molecule has 0 saturated heterocycles. The van der Waals surface area contributed by atoms with Gasteiger partial charge in [-0.15, -0.1) is 11.8 Å². The molecule has 0 saturated carbocycles. The number of nitrogens with zero attached hydrogens (tertiary/aromatic N) is 1. The number of alkyl halides is 3. The van der Waals surface area contributed by atoms with E-state index in [4.69, 9.17) is 0 Å². The van der Waals surface area contributed by atoms with Crippen LogP contribution in [0.2, 0.25) is 0 Å². The third-order valence-corrected chi connectivity index (χ3v) is 3.64. The molecule has 0 bridgehead atoms. The first-order valence-electron chi connectivity index (χ1n) is 5.34. The van der Waals surface area contributed by atoms with Gasteiger partial charge in [0.05, 0.1) is 16.8 Å². The van der Waals surface area contributed by atoms with E-state index in [1.54, 1.807) is 29.7 Å². The van der Waals surface area contributed by atoms with E-state index in [9.17, 15) is 13.2 Å². The van der Waals surface area contributed by atoms with Gasteiger partial charge in [-0.05, 0) is 17.6 Å². The van der Waals surface area contributed by atoms with E-state index in [0.717, 1.165) is 0 Å². The van der Waals surface area contributed by atoms with Crippen molar-refractivity contribution in [2.75, 3.05) is 0 Å². The number of hydrogen-bond donors (Lipinski definition) is 0. The molecule has 0 fully saturated rings. The van der Waals surface area contributed by atoms with E-state index in [2.05, 4.69) is 4.98 Å². The predicted octanol–water partition coefficient (Wildman–Crippen LogP) is 4.47. The fraction of sp³-hybridized carbons (Fsp3) is 0.154. The normalized spacial score (nSPS) is 14.8. The van der Waals surface area contributed by atoms with Crippen molar-refractivity contribution < 1.29 is 13.2 Å². The number of thioether (sulfide) groups is 1. The molecule has 0 radical (unpaired) electrons. The van der Waals surface area contributed by atoms with Crippen molar-refractivity contribution in [1.82, 2.24) is 4.98 Å². The summed E-state index contributed by atoms with van der Waals surface area (Å²) in [5.74, 6) is 0.318. The number of para-hydroxylation sites is 1. The monoisotopic (exact) mass is 267 g/mol. The van der Waals surface area contributed by atoms with E-state index < -0.39 is 11.7 Å². The third kappa shape index (κ3) is 1.79. The molecule has 0 amide bonds. The van der Waals surface area contributed by atoms with Crippen LogP contribution < -0.4 is 0 Å². The number of benzene rings is 1. The molecule has 0 unspecified atom stereocenters. The smallest absolute Gasteiger partial charge is 0.248 e.